The number of anilines is 1. The minimum absolute atomic E-state index is 0.0435. The number of nitro groups is 1. The van der Waals surface area contributed by atoms with Gasteiger partial charge in [-0.3, -0.25) is 19.7 Å². The highest BCUT2D eigenvalue weighted by atomic mass is 16.6. The van der Waals surface area contributed by atoms with Gasteiger partial charge < -0.3 is 20.0 Å². The number of carbonyl (C=O) groups excluding carboxylic acids is 2. The average molecular weight is 444 g/mol. The highest BCUT2D eigenvalue weighted by Crippen LogP contribution is 2.31. The smallest absolute Gasteiger partial charge is 0.293 e. The summed E-state index contributed by atoms with van der Waals surface area (Å²) in [5.41, 5.74) is 0.836. The van der Waals surface area contributed by atoms with Crippen LogP contribution in [0.4, 0.5) is 11.4 Å². The van der Waals surface area contributed by atoms with E-state index in [1.807, 2.05) is 9.80 Å². The Bertz CT molecular complexity index is 849. The Balaban J connectivity index is 1.47. The lowest BCUT2D eigenvalue weighted by atomic mass is 9.88. The fourth-order valence-corrected chi connectivity index (χ4v) is 5.11. The molecule has 2 heterocycles. The second-order valence-corrected chi connectivity index (χ2v) is 9.00. The number of amides is 2. The van der Waals surface area contributed by atoms with Gasteiger partial charge >= 0.3 is 0 Å². The van der Waals surface area contributed by atoms with Crippen LogP contribution in [-0.4, -0.2) is 78.9 Å². The molecule has 32 heavy (non-hydrogen) atoms. The molecular weight excluding hydrogens is 410 g/mol. The molecule has 1 aromatic carbocycles. The number of carbonyl (C=O) groups is 2. The zero-order chi connectivity index (χ0) is 22.5. The molecule has 0 spiro atoms. The average Bonchev–Trinajstić information content (AvgIpc) is 3.10. The Hall–Kier alpha value is -2.68. The third-order valence-electron chi connectivity index (χ3n) is 6.93. The molecule has 1 N–H and O–H groups in total. The Morgan fingerprint density at radius 2 is 1.66 bits per heavy atom. The van der Waals surface area contributed by atoms with Gasteiger partial charge in [-0.25, -0.2) is 0 Å². The van der Waals surface area contributed by atoms with Crippen molar-refractivity contribution in [2.24, 2.45) is 5.92 Å². The predicted molar refractivity (Wildman–Crippen MR) is 122 cm³/mol. The molecule has 2 saturated heterocycles. The fourth-order valence-electron chi connectivity index (χ4n) is 5.11. The summed E-state index contributed by atoms with van der Waals surface area (Å²) in [6.07, 6.45) is 6.20. The third kappa shape index (κ3) is 5.03. The van der Waals surface area contributed by atoms with E-state index >= 15 is 0 Å². The Morgan fingerprint density at radius 3 is 2.38 bits per heavy atom. The molecule has 0 unspecified atom stereocenters. The van der Waals surface area contributed by atoms with Gasteiger partial charge in [0.05, 0.1) is 4.92 Å². The van der Waals surface area contributed by atoms with Crippen LogP contribution < -0.4 is 10.2 Å². The summed E-state index contributed by atoms with van der Waals surface area (Å²) in [5, 5.41) is 15.1. The first-order chi connectivity index (χ1) is 15.5. The molecule has 0 aromatic heterocycles. The van der Waals surface area contributed by atoms with E-state index in [0.717, 1.165) is 45.2 Å². The number of hydrogen-bond acceptors (Lipinski definition) is 6. The quantitative estimate of drug-likeness (QED) is 0.566. The van der Waals surface area contributed by atoms with Crippen molar-refractivity contribution in [3.63, 3.8) is 0 Å². The molecule has 1 aliphatic carbocycles. The highest BCUT2D eigenvalue weighted by molar-refractivity contribution is 5.96. The first-order valence-electron chi connectivity index (χ1n) is 11.9. The minimum atomic E-state index is -0.403. The summed E-state index contributed by atoms with van der Waals surface area (Å²) in [7, 11) is 0. The van der Waals surface area contributed by atoms with Crippen LogP contribution in [-0.2, 0) is 4.79 Å². The van der Waals surface area contributed by atoms with Crippen molar-refractivity contribution in [2.75, 3.05) is 57.3 Å². The van der Waals surface area contributed by atoms with Crippen LogP contribution in [0.2, 0.25) is 0 Å². The number of rotatable bonds is 4. The van der Waals surface area contributed by atoms with E-state index < -0.39 is 4.92 Å². The van der Waals surface area contributed by atoms with Crippen molar-refractivity contribution in [1.82, 2.24) is 15.1 Å². The molecule has 0 bridgehead atoms. The summed E-state index contributed by atoms with van der Waals surface area (Å²) in [6.45, 7) is 5.15. The molecule has 2 amide bonds. The van der Waals surface area contributed by atoms with Crippen molar-refractivity contribution in [1.29, 1.82) is 0 Å². The summed E-state index contributed by atoms with van der Waals surface area (Å²) in [4.78, 5) is 42.9. The van der Waals surface area contributed by atoms with E-state index in [1.54, 1.807) is 17.0 Å². The first kappa shape index (κ1) is 22.5. The molecule has 9 heteroatoms. The van der Waals surface area contributed by atoms with Crippen molar-refractivity contribution in [3.8, 4) is 0 Å². The van der Waals surface area contributed by atoms with Crippen molar-refractivity contribution in [3.05, 3.63) is 33.9 Å². The summed E-state index contributed by atoms with van der Waals surface area (Å²) in [5.74, 6) is 0.221. The molecule has 1 aromatic rings. The molecule has 1 saturated carbocycles. The summed E-state index contributed by atoms with van der Waals surface area (Å²) in [6, 6.07) is 4.81. The normalized spacial score (nSPS) is 20.7. The largest absolute Gasteiger partial charge is 0.364 e. The second-order valence-electron chi connectivity index (χ2n) is 9.00. The van der Waals surface area contributed by atoms with Crippen molar-refractivity contribution in [2.45, 2.75) is 38.5 Å². The number of nitrogens with one attached hydrogen (secondary N) is 1. The first-order valence-corrected chi connectivity index (χ1v) is 11.9. The van der Waals surface area contributed by atoms with E-state index in [1.165, 1.54) is 12.5 Å². The van der Waals surface area contributed by atoms with Gasteiger partial charge in [0.1, 0.15) is 5.69 Å². The topological polar surface area (TPSA) is 99.0 Å². The summed E-state index contributed by atoms with van der Waals surface area (Å²) < 4.78 is 0. The molecule has 3 fully saturated rings. The van der Waals surface area contributed by atoms with E-state index in [0.29, 0.717) is 50.5 Å². The Kier molecular flexibility index (Phi) is 7.24. The maximum atomic E-state index is 12.9. The maximum Gasteiger partial charge on any atom is 0.293 e. The zero-order valence-electron chi connectivity index (χ0n) is 18.6. The van der Waals surface area contributed by atoms with Crippen LogP contribution in [0.25, 0.3) is 0 Å². The number of piperazine rings is 1. The van der Waals surface area contributed by atoms with E-state index in [4.69, 9.17) is 0 Å². The molecule has 3 aliphatic rings. The van der Waals surface area contributed by atoms with E-state index in [9.17, 15) is 19.7 Å². The molecular formula is C23H33N5O4. The van der Waals surface area contributed by atoms with E-state index in [-0.39, 0.29) is 23.4 Å². The molecule has 0 atom stereocenters. The summed E-state index contributed by atoms with van der Waals surface area (Å²) >= 11 is 0. The molecule has 174 valence electrons. The van der Waals surface area contributed by atoms with E-state index in [2.05, 4.69) is 5.32 Å². The number of hydrogen-bond donors (Lipinski definition) is 1. The Labute approximate surface area is 188 Å². The fraction of sp³-hybridized carbons (Fsp3) is 0.652. The standard InChI is InChI=1S/C23H33N5O4/c29-22(18-5-2-1-3-6-18)26-12-4-11-25(15-16-26)20-8-7-19(17-21(20)28(31)32)23(30)27-13-9-24-10-14-27/h7-8,17-18,24H,1-6,9-16H2. The number of benzene rings is 1. The van der Waals surface area contributed by atoms with Gasteiger partial charge in [-0.1, -0.05) is 19.3 Å². The van der Waals surface area contributed by atoms with Gasteiger partial charge in [0.25, 0.3) is 11.6 Å². The van der Waals surface area contributed by atoms with Crippen LogP contribution in [0.1, 0.15) is 48.9 Å². The van der Waals surface area contributed by atoms with Gasteiger partial charge in [0.15, 0.2) is 0 Å². The van der Waals surface area contributed by atoms with Crippen LogP contribution in [0.5, 0.6) is 0 Å². The lowest BCUT2D eigenvalue weighted by Crippen LogP contribution is -2.46. The van der Waals surface area contributed by atoms with Gasteiger partial charge in [-0.05, 0) is 31.4 Å². The zero-order valence-corrected chi connectivity index (χ0v) is 18.6. The lowest BCUT2D eigenvalue weighted by Gasteiger charge is -2.29. The molecule has 9 nitrogen and oxygen atoms in total. The van der Waals surface area contributed by atoms with Gasteiger partial charge in [0.2, 0.25) is 5.91 Å². The SMILES string of the molecule is O=C(c1ccc(N2CCCN(C(=O)C3CCCCC3)CC2)c([N+](=O)[O-])c1)N1CCNCC1. The Morgan fingerprint density at radius 1 is 0.906 bits per heavy atom. The van der Waals surface area contributed by atoms with Crippen molar-refractivity contribution < 1.29 is 14.5 Å². The second kappa shape index (κ2) is 10.3. The van der Waals surface area contributed by atoms with Crippen LogP contribution >= 0.6 is 0 Å². The maximum absolute atomic E-state index is 12.9. The predicted octanol–water partition coefficient (Wildman–Crippen LogP) is 2.26. The monoisotopic (exact) mass is 443 g/mol. The molecule has 2 aliphatic heterocycles. The minimum Gasteiger partial charge on any atom is -0.364 e. The number of nitrogens with zero attached hydrogens (tertiary/aromatic N) is 4. The van der Waals surface area contributed by atoms with Crippen LogP contribution in [0, 0.1) is 16.0 Å². The molecule has 0 radical (unpaired) electrons. The van der Waals surface area contributed by atoms with Crippen LogP contribution in [0.15, 0.2) is 18.2 Å². The van der Waals surface area contributed by atoms with Gasteiger partial charge in [0, 0.05) is 69.9 Å². The van der Waals surface area contributed by atoms with Crippen LogP contribution in [0.3, 0.4) is 0 Å². The van der Waals surface area contributed by atoms with Gasteiger partial charge in [-0.15, -0.1) is 0 Å². The van der Waals surface area contributed by atoms with Gasteiger partial charge in [-0.2, -0.15) is 0 Å². The molecule has 4 rings (SSSR count). The van der Waals surface area contributed by atoms with Crippen molar-refractivity contribution >= 4 is 23.2 Å². The third-order valence-corrected chi connectivity index (χ3v) is 6.93. The number of nitro benzene ring substituents is 1. The lowest BCUT2D eigenvalue weighted by molar-refractivity contribution is -0.384. The highest BCUT2D eigenvalue weighted by Gasteiger charge is 2.29.